The minimum atomic E-state index is -0.924. The fraction of sp³-hybridized carbons (Fsp3) is 0.769. The topological polar surface area (TPSA) is 62.2 Å². The molecule has 1 atom stereocenters. The Hall–Kier alpha value is -1.59. The lowest BCUT2D eigenvalue weighted by Gasteiger charge is -2.37. The molecule has 1 saturated carbocycles. The Labute approximate surface area is 112 Å². The highest BCUT2D eigenvalue weighted by atomic mass is 16.7. The molecular formula is C13H19N3O3. The molecule has 2 aliphatic heterocycles. The van der Waals surface area contributed by atoms with Crippen LogP contribution in [0.1, 0.15) is 33.1 Å². The second-order valence-corrected chi connectivity index (χ2v) is 5.87. The molecule has 0 aromatic rings. The van der Waals surface area contributed by atoms with Gasteiger partial charge in [0.2, 0.25) is 11.5 Å². The van der Waals surface area contributed by atoms with Crippen molar-refractivity contribution in [1.82, 2.24) is 9.80 Å². The molecule has 0 radical (unpaired) electrons. The van der Waals surface area contributed by atoms with Crippen LogP contribution in [-0.4, -0.2) is 58.6 Å². The van der Waals surface area contributed by atoms with Crippen molar-refractivity contribution in [2.75, 3.05) is 19.6 Å². The Morgan fingerprint density at radius 2 is 2.16 bits per heavy atom. The van der Waals surface area contributed by atoms with Gasteiger partial charge in [-0.3, -0.25) is 9.59 Å². The second-order valence-electron chi connectivity index (χ2n) is 5.87. The van der Waals surface area contributed by atoms with Crippen molar-refractivity contribution in [3.63, 3.8) is 0 Å². The molecule has 2 amide bonds. The molecule has 0 aromatic carbocycles. The van der Waals surface area contributed by atoms with E-state index >= 15 is 0 Å². The van der Waals surface area contributed by atoms with Gasteiger partial charge in [-0.15, -0.1) is 0 Å². The first kappa shape index (κ1) is 12.4. The lowest BCUT2D eigenvalue weighted by molar-refractivity contribution is -0.159. The van der Waals surface area contributed by atoms with Crippen LogP contribution in [0.3, 0.4) is 0 Å². The molecule has 2 heterocycles. The van der Waals surface area contributed by atoms with Crippen LogP contribution in [0.5, 0.6) is 0 Å². The third-order valence-electron chi connectivity index (χ3n) is 3.98. The second kappa shape index (κ2) is 4.21. The summed E-state index contributed by atoms with van der Waals surface area (Å²) < 4.78 is 0. The summed E-state index contributed by atoms with van der Waals surface area (Å²) in [6, 6.07) is 0.425. The SMILES string of the molecule is CC1=NOC(C)(C(=O)N2CCN(C3CC3)C(=O)C2)C1. The van der Waals surface area contributed by atoms with E-state index in [1.165, 1.54) is 0 Å². The average molecular weight is 265 g/mol. The summed E-state index contributed by atoms with van der Waals surface area (Å²) in [5.74, 6) is -0.0711. The van der Waals surface area contributed by atoms with Crippen molar-refractivity contribution in [3.05, 3.63) is 0 Å². The van der Waals surface area contributed by atoms with Crippen molar-refractivity contribution in [2.24, 2.45) is 5.16 Å². The number of oxime groups is 1. The Bertz CT molecular complexity index is 458. The summed E-state index contributed by atoms with van der Waals surface area (Å²) in [7, 11) is 0. The molecule has 2 fully saturated rings. The van der Waals surface area contributed by atoms with Gasteiger partial charge in [0.1, 0.15) is 0 Å². The largest absolute Gasteiger partial charge is 0.379 e. The van der Waals surface area contributed by atoms with Crippen molar-refractivity contribution >= 4 is 17.5 Å². The summed E-state index contributed by atoms with van der Waals surface area (Å²) in [5.41, 5.74) is -0.106. The van der Waals surface area contributed by atoms with Crippen LogP contribution in [-0.2, 0) is 14.4 Å². The molecule has 0 spiro atoms. The highest BCUT2D eigenvalue weighted by Gasteiger charge is 2.46. The van der Waals surface area contributed by atoms with Gasteiger partial charge in [-0.2, -0.15) is 0 Å². The van der Waals surface area contributed by atoms with Gasteiger partial charge in [0, 0.05) is 25.6 Å². The summed E-state index contributed by atoms with van der Waals surface area (Å²) >= 11 is 0. The minimum Gasteiger partial charge on any atom is -0.379 e. The number of rotatable bonds is 2. The van der Waals surface area contributed by atoms with E-state index < -0.39 is 5.60 Å². The Balaban J connectivity index is 1.64. The molecule has 0 N–H and O–H groups in total. The Kier molecular flexibility index (Phi) is 2.76. The van der Waals surface area contributed by atoms with E-state index in [0.717, 1.165) is 18.6 Å². The van der Waals surface area contributed by atoms with E-state index in [2.05, 4.69) is 5.16 Å². The zero-order valence-electron chi connectivity index (χ0n) is 11.4. The quantitative estimate of drug-likeness (QED) is 0.725. The number of amides is 2. The van der Waals surface area contributed by atoms with Crippen molar-refractivity contribution in [3.8, 4) is 0 Å². The number of piperazine rings is 1. The summed E-state index contributed by atoms with van der Waals surface area (Å²) in [5, 5.41) is 3.85. The standard InChI is InChI=1S/C13H19N3O3/c1-9-7-13(2,19-14-9)12(18)15-5-6-16(10-3-4-10)11(17)8-15/h10H,3-8H2,1-2H3. The van der Waals surface area contributed by atoms with Crippen LogP contribution in [0.2, 0.25) is 0 Å². The van der Waals surface area contributed by atoms with E-state index in [4.69, 9.17) is 4.84 Å². The number of carbonyl (C=O) groups excluding carboxylic acids is 2. The van der Waals surface area contributed by atoms with E-state index in [-0.39, 0.29) is 18.4 Å². The predicted molar refractivity (Wildman–Crippen MR) is 68.5 cm³/mol. The molecule has 6 heteroatoms. The van der Waals surface area contributed by atoms with E-state index in [1.807, 2.05) is 11.8 Å². The van der Waals surface area contributed by atoms with Crippen molar-refractivity contribution in [1.29, 1.82) is 0 Å². The van der Waals surface area contributed by atoms with Gasteiger partial charge >= 0.3 is 0 Å². The Morgan fingerprint density at radius 3 is 2.68 bits per heavy atom. The van der Waals surface area contributed by atoms with E-state index in [9.17, 15) is 9.59 Å². The molecule has 3 aliphatic rings. The molecule has 104 valence electrons. The third kappa shape index (κ3) is 2.19. The van der Waals surface area contributed by atoms with Crippen LogP contribution in [0.25, 0.3) is 0 Å². The zero-order chi connectivity index (χ0) is 13.6. The highest BCUT2D eigenvalue weighted by molar-refractivity contribution is 5.96. The van der Waals surface area contributed by atoms with Gasteiger partial charge in [-0.25, -0.2) is 0 Å². The van der Waals surface area contributed by atoms with Crippen LogP contribution in [0, 0.1) is 0 Å². The molecule has 1 aliphatic carbocycles. The van der Waals surface area contributed by atoms with Gasteiger partial charge in [0.25, 0.3) is 5.91 Å². The minimum absolute atomic E-state index is 0.0568. The monoisotopic (exact) mass is 265 g/mol. The normalized spacial score (nSPS) is 31.3. The van der Waals surface area contributed by atoms with E-state index in [1.54, 1.807) is 11.8 Å². The van der Waals surface area contributed by atoms with Crippen molar-refractivity contribution < 1.29 is 14.4 Å². The molecule has 0 bridgehead atoms. The maximum Gasteiger partial charge on any atom is 0.270 e. The number of hydrogen-bond donors (Lipinski definition) is 0. The zero-order valence-corrected chi connectivity index (χ0v) is 11.4. The first-order chi connectivity index (χ1) is 8.99. The van der Waals surface area contributed by atoms with Gasteiger partial charge in [0.15, 0.2) is 0 Å². The first-order valence-corrected chi connectivity index (χ1v) is 6.80. The molecule has 0 aromatic heterocycles. The molecule has 19 heavy (non-hydrogen) atoms. The van der Waals surface area contributed by atoms with Crippen LogP contribution < -0.4 is 0 Å². The molecule has 3 rings (SSSR count). The van der Waals surface area contributed by atoms with Gasteiger partial charge in [-0.05, 0) is 26.7 Å². The maximum atomic E-state index is 12.5. The highest BCUT2D eigenvalue weighted by Crippen LogP contribution is 2.30. The van der Waals surface area contributed by atoms with Crippen molar-refractivity contribution in [2.45, 2.75) is 44.8 Å². The lowest BCUT2D eigenvalue weighted by Crippen LogP contribution is -2.57. The number of carbonyl (C=O) groups is 2. The van der Waals surface area contributed by atoms with Gasteiger partial charge < -0.3 is 14.6 Å². The fourth-order valence-electron chi connectivity index (χ4n) is 2.81. The molecule has 1 saturated heterocycles. The van der Waals surface area contributed by atoms with Crippen LogP contribution in [0.4, 0.5) is 0 Å². The summed E-state index contributed by atoms with van der Waals surface area (Å²) in [4.78, 5) is 33.3. The number of hydrogen-bond acceptors (Lipinski definition) is 4. The lowest BCUT2D eigenvalue weighted by atomic mass is 9.98. The van der Waals surface area contributed by atoms with E-state index in [0.29, 0.717) is 25.6 Å². The maximum absolute atomic E-state index is 12.5. The summed E-state index contributed by atoms with van der Waals surface area (Å²) in [6.07, 6.45) is 2.71. The molecule has 6 nitrogen and oxygen atoms in total. The fourth-order valence-corrected chi connectivity index (χ4v) is 2.81. The average Bonchev–Trinajstić information content (AvgIpc) is 3.14. The number of nitrogens with zero attached hydrogens (tertiary/aromatic N) is 3. The first-order valence-electron chi connectivity index (χ1n) is 6.80. The molecular weight excluding hydrogens is 246 g/mol. The molecule has 1 unspecified atom stereocenters. The Morgan fingerprint density at radius 1 is 1.42 bits per heavy atom. The summed E-state index contributed by atoms with van der Waals surface area (Å²) in [6.45, 7) is 5.00. The van der Waals surface area contributed by atoms with Crippen LogP contribution >= 0.6 is 0 Å². The van der Waals surface area contributed by atoms with Gasteiger partial charge in [0.05, 0.1) is 12.3 Å². The van der Waals surface area contributed by atoms with Gasteiger partial charge in [-0.1, -0.05) is 5.16 Å². The predicted octanol–water partition coefficient (Wildman–Crippen LogP) is 0.375. The van der Waals surface area contributed by atoms with Crippen LogP contribution in [0.15, 0.2) is 5.16 Å². The smallest absolute Gasteiger partial charge is 0.270 e. The third-order valence-corrected chi connectivity index (χ3v) is 3.98.